The van der Waals surface area contributed by atoms with Crippen LogP contribution in [0.5, 0.6) is 0 Å². The monoisotopic (exact) mass is 720 g/mol. The number of esters is 2. The molecule has 0 heterocycles. The molecule has 0 bridgehead atoms. The van der Waals surface area contributed by atoms with Crippen LogP contribution in [0.15, 0.2) is 36.5 Å². The Bertz CT molecular complexity index is 937. The lowest BCUT2D eigenvalue weighted by Crippen LogP contribution is -2.55. The molecular weight excluding hydrogens is 642 g/mol. The van der Waals surface area contributed by atoms with Crippen LogP contribution in [0.1, 0.15) is 168 Å². The van der Waals surface area contributed by atoms with Crippen LogP contribution < -0.4 is 5.11 Å². The van der Waals surface area contributed by atoms with Gasteiger partial charge in [0.05, 0.1) is 40.3 Å². The third kappa shape index (κ3) is 33.2. The molecule has 296 valence electrons. The molecule has 8 nitrogen and oxygen atoms in total. The number of hydrogen-bond donors (Lipinski definition) is 0. The summed E-state index contributed by atoms with van der Waals surface area (Å²) in [4.78, 5) is 36.6. The fourth-order valence-corrected chi connectivity index (χ4v) is 5.81. The molecule has 0 aliphatic heterocycles. The molecule has 0 aromatic heterocycles. The number of carbonyl (C=O) groups excluding carboxylic acids is 3. The molecule has 0 rings (SSSR count). The highest BCUT2D eigenvalue weighted by atomic mass is 16.6. The SMILES string of the molecule is CC/C=C/C/C=C/CCCCC(=O)OC(COCCC(C(=O)[O-])[N+](C)(C)C)COC(=O)CCCCCCC/C=C/CCCCCCCCCCC. The minimum absolute atomic E-state index is 0.0254. The summed E-state index contributed by atoms with van der Waals surface area (Å²) in [5.41, 5.74) is 0. The van der Waals surface area contributed by atoms with Gasteiger partial charge in [-0.25, -0.2) is 0 Å². The molecule has 0 fully saturated rings. The fourth-order valence-electron chi connectivity index (χ4n) is 5.81. The summed E-state index contributed by atoms with van der Waals surface area (Å²) in [6.45, 7) is 4.48. The normalized spacial score (nSPS) is 13.4. The molecule has 0 spiro atoms. The van der Waals surface area contributed by atoms with Crippen LogP contribution >= 0.6 is 0 Å². The molecule has 2 unspecified atom stereocenters. The van der Waals surface area contributed by atoms with Crippen molar-refractivity contribution in [3.05, 3.63) is 36.5 Å². The second kappa shape index (κ2) is 34.6. The van der Waals surface area contributed by atoms with E-state index in [9.17, 15) is 19.5 Å². The summed E-state index contributed by atoms with van der Waals surface area (Å²) < 4.78 is 17.0. The van der Waals surface area contributed by atoms with Crippen LogP contribution in [0.25, 0.3) is 0 Å². The zero-order valence-corrected chi connectivity index (χ0v) is 33.5. The van der Waals surface area contributed by atoms with Gasteiger partial charge in [-0.05, 0) is 64.2 Å². The predicted octanol–water partition coefficient (Wildman–Crippen LogP) is 9.35. The number of likely N-dealkylation sites (N-methyl/N-ethyl adjacent to an activating group) is 1. The van der Waals surface area contributed by atoms with Crippen molar-refractivity contribution in [2.45, 2.75) is 180 Å². The van der Waals surface area contributed by atoms with Gasteiger partial charge in [0.25, 0.3) is 0 Å². The fraction of sp³-hybridized carbons (Fsp3) is 0.791. The van der Waals surface area contributed by atoms with Gasteiger partial charge in [-0.1, -0.05) is 121 Å². The lowest BCUT2D eigenvalue weighted by atomic mass is 10.1. The van der Waals surface area contributed by atoms with Crippen LogP contribution in [0.2, 0.25) is 0 Å². The van der Waals surface area contributed by atoms with Crippen LogP contribution in [0, 0.1) is 0 Å². The summed E-state index contributed by atoms with van der Waals surface area (Å²) >= 11 is 0. The molecule has 0 radical (unpaired) electrons. The Morgan fingerprint density at radius 2 is 1.10 bits per heavy atom. The van der Waals surface area contributed by atoms with Crippen LogP contribution in [-0.4, -0.2) is 75.5 Å². The average Bonchev–Trinajstić information content (AvgIpc) is 3.08. The molecule has 0 N–H and O–H groups in total. The van der Waals surface area contributed by atoms with Crippen molar-refractivity contribution in [3.63, 3.8) is 0 Å². The van der Waals surface area contributed by atoms with Crippen molar-refractivity contribution >= 4 is 17.9 Å². The first kappa shape index (κ1) is 48.5. The first-order valence-electron chi connectivity index (χ1n) is 20.5. The Morgan fingerprint density at radius 3 is 1.67 bits per heavy atom. The Balaban J connectivity index is 4.32. The van der Waals surface area contributed by atoms with Crippen molar-refractivity contribution in [1.29, 1.82) is 0 Å². The van der Waals surface area contributed by atoms with Crippen molar-refractivity contribution in [2.24, 2.45) is 0 Å². The van der Waals surface area contributed by atoms with E-state index >= 15 is 0 Å². The highest BCUT2D eigenvalue weighted by Gasteiger charge is 2.25. The Morgan fingerprint density at radius 1 is 0.608 bits per heavy atom. The van der Waals surface area contributed by atoms with E-state index in [1.807, 2.05) is 0 Å². The highest BCUT2D eigenvalue weighted by molar-refractivity contribution is 5.70. The van der Waals surface area contributed by atoms with Gasteiger partial charge in [-0.2, -0.15) is 0 Å². The zero-order chi connectivity index (χ0) is 37.8. The number of ether oxygens (including phenoxy) is 3. The number of unbranched alkanes of at least 4 members (excludes halogenated alkanes) is 16. The molecule has 0 aromatic rings. The topological polar surface area (TPSA) is 102 Å². The maximum Gasteiger partial charge on any atom is 0.306 e. The zero-order valence-electron chi connectivity index (χ0n) is 33.5. The second-order valence-electron chi connectivity index (χ2n) is 14.8. The van der Waals surface area contributed by atoms with Gasteiger partial charge in [-0.15, -0.1) is 0 Å². The minimum Gasteiger partial charge on any atom is -0.544 e. The molecule has 0 aliphatic rings. The maximum absolute atomic E-state index is 12.6. The molecular formula is C43H77NO7. The Hall–Kier alpha value is -2.45. The first-order valence-corrected chi connectivity index (χ1v) is 20.5. The minimum atomic E-state index is -1.13. The van der Waals surface area contributed by atoms with E-state index in [4.69, 9.17) is 14.2 Å². The number of hydrogen-bond acceptors (Lipinski definition) is 7. The van der Waals surface area contributed by atoms with Gasteiger partial charge in [0.1, 0.15) is 12.6 Å². The number of nitrogens with zero attached hydrogens (tertiary/aromatic N) is 1. The van der Waals surface area contributed by atoms with Crippen molar-refractivity contribution in [3.8, 4) is 0 Å². The molecule has 0 amide bonds. The number of quaternary nitrogens is 1. The second-order valence-corrected chi connectivity index (χ2v) is 14.8. The van der Waals surface area contributed by atoms with Crippen molar-refractivity contribution in [2.75, 3.05) is 41.0 Å². The van der Waals surface area contributed by atoms with Crippen LogP contribution in [-0.2, 0) is 28.6 Å². The molecule has 0 saturated heterocycles. The summed E-state index contributed by atoms with van der Waals surface area (Å²) in [5.74, 6) is -1.79. The van der Waals surface area contributed by atoms with Gasteiger partial charge in [0, 0.05) is 19.3 Å². The third-order valence-electron chi connectivity index (χ3n) is 9.01. The summed E-state index contributed by atoms with van der Waals surface area (Å²) in [7, 11) is 5.38. The first-order chi connectivity index (χ1) is 24.6. The van der Waals surface area contributed by atoms with Crippen molar-refractivity contribution < 1.29 is 38.2 Å². The van der Waals surface area contributed by atoms with Crippen molar-refractivity contribution in [1.82, 2.24) is 0 Å². The lowest BCUT2D eigenvalue weighted by Gasteiger charge is -2.34. The van der Waals surface area contributed by atoms with E-state index in [0.29, 0.717) is 12.8 Å². The number of allylic oxidation sites excluding steroid dienone is 6. The number of carboxylic acids is 1. The van der Waals surface area contributed by atoms with E-state index < -0.39 is 18.1 Å². The predicted molar refractivity (Wildman–Crippen MR) is 208 cm³/mol. The Kier molecular flexibility index (Phi) is 33.0. The highest BCUT2D eigenvalue weighted by Crippen LogP contribution is 2.13. The average molecular weight is 720 g/mol. The van der Waals surface area contributed by atoms with Crippen LogP contribution in [0.4, 0.5) is 0 Å². The lowest BCUT2D eigenvalue weighted by molar-refractivity contribution is -0.889. The van der Waals surface area contributed by atoms with Crippen LogP contribution in [0.3, 0.4) is 0 Å². The quantitative estimate of drug-likeness (QED) is 0.0275. The summed E-state index contributed by atoms with van der Waals surface area (Å²) in [6.07, 6.45) is 37.6. The molecule has 0 saturated carbocycles. The molecule has 8 heteroatoms. The molecule has 2 atom stereocenters. The van der Waals surface area contributed by atoms with E-state index in [1.165, 1.54) is 70.6 Å². The number of rotatable bonds is 36. The molecule has 51 heavy (non-hydrogen) atoms. The smallest absolute Gasteiger partial charge is 0.306 e. The molecule has 0 aliphatic carbocycles. The maximum atomic E-state index is 12.6. The van der Waals surface area contributed by atoms with Gasteiger partial charge in [0.2, 0.25) is 0 Å². The number of carboxylic acid groups (broad SMARTS) is 1. The van der Waals surface area contributed by atoms with E-state index in [2.05, 4.69) is 50.3 Å². The molecule has 0 aromatic carbocycles. The number of carbonyl (C=O) groups is 3. The van der Waals surface area contributed by atoms with E-state index in [-0.39, 0.29) is 49.1 Å². The van der Waals surface area contributed by atoms with E-state index in [1.54, 1.807) is 21.1 Å². The standard InChI is InChI=1S/C43H77NO7/c1-6-8-10-12-14-16-17-18-19-20-21-22-23-24-26-27-29-31-33-41(45)50-38-39(37-49-36-35-40(43(47)48)44(3,4)5)51-42(46)34-32-30-28-25-15-13-11-9-7-2/h9,11,15,21-22,25,39-40H,6-8,10,12-14,16-20,23-24,26-38H2,1-5H3/b11-9+,22-21+,25-15+. The summed E-state index contributed by atoms with van der Waals surface area (Å²) in [6, 6.07) is -0.730. The number of aliphatic carboxylic acids is 1. The third-order valence-corrected chi connectivity index (χ3v) is 9.01. The summed E-state index contributed by atoms with van der Waals surface area (Å²) in [5, 5.41) is 11.6. The van der Waals surface area contributed by atoms with Gasteiger partial charge < -0.3 is 28.6 Å². The van der Waals surface area contributed by atoms with Gasteiger partial charge in [-0.3, -0.25) is 9.59 Å². The van der Waals surface area contributed by atoms with Gasteiger partial charge >= 0.3 is 11.9 Å². The Labute approximate surface area is 313 Å². The van der Waals surface area contributed by atoms with E-state index in [0.717, 1.165) is 57.8 Å². The van der Waals surface area contributed by atoms with Gasteiger partial charge in [0.15, 0.2) is 6.10 Å². The largest absolute Gasteiger partial charge is 0.544 e.